The Bertz CT molecular complexity index is 537. The van der Waals surface area contributed by atoms with Crippen LogP contribution < -0.4 is 10.1 Å². The third kappa shape index (κ3) is 4.90. The van der Waals surface area contributed by atoms with Crippen molar-refractivity contribution in [2.45, 2.75) is 48.8 Å². The minimum Gasteiger partial charge on any atom is -0.497 e. The highest BCUT2D eigenvalue weighted by atomic mass is 32.2. The van der Waals surface area contributed by atoms with E-state index in [0.717, 1.165) is 42.5 Å². The summed E-state index contributed by atoms with van der Waals surface area (Å²) in [5.74, 6) is 2.03. The lowest BCUT2D eigenvalue weighted by atomic mass is 10.0. The maximum Gasteiger partial charge on any atom is 0.235 e. The van der Waals surface area contributed by atoms with E-state index in [0.29, 0.717) is 6.04 Å². The number of thioether (sulfide) groups is 1. The van der Waals surface area contributed by atoms with Crippen molar-refractivity contribution >= 4 is 17.7 Å². The molecule has 0 aromatic heterocycles. The van der Waals surface area contributed by atoms with Gasteiger partial charge in [0.15, 0.2) is 0 Å². The molecule has 1 atom stereocenters. The second-order valence-corrected chi connectivity index (χ2v) is 8.30. The Labute approximate surface area is 149 Å². The monoisotopic (exact) mass is 348 g/mol. The van der Waals surface area contributed by atoms with Gasteiger partial charge < -0.3 is 15.0 Å². The molecule has 1 unspecified atom stereocenters. The van der Waals surface area contributed by atoms with Gasteiger partial charge in [-0.1, -0.05) is 0 Å². The SMILES string of the molecule is COc1ccc(SC(C)C(=O)N2CCC(NCC3CC3)CC2)cc1. The molecule has 0 spiro atoms. The van der Waals surface area contributed by atoms with Crippen molar-refractivity contribution < 1.29 is 9.53 Å². The summed E-state index contributed by atoms with van der Waals surface area (Å²) < 4.78 is 5.17. The van der Waals surface area contributed by atoms with Crippen LogP contribution in [-0.4, -0.2) is 48.8 Å². The molecule has 24 heavy (non-hydrogen) atoms. The zero-order chi connectivity index (χ0) is 16.9. The Balaban J connectivity index is 1.43. The van der Waals surface area contributed by atoms with Gasteiger partial charge in [-0.25, -0.2) is 0 Å². The van der Waals surface area contributed by atoms with Crippen LogP contribution in [0.4, 0.5) is 0 Å². The highest BCUT2D eigenvalue weighted by Crippen LogP contribution is 2.29. The van der Waals surface area contributed by atoms with Crippen LogP contribution in [0.2, 0.25) is 0 Å². The third-order valence-electron chi connectivity index (χ3n) is 4.92. The quantitative estimate of drug-likeness (QED) is 0.769. The molecule has 0 radical (unpaired) electrons. The Kier molecular flexibility index (Phi) is 6.06. The number of likely N-dealkylation sites (tertiary alicyclic amines) is 1. The van der Waals surface area contributed by atoms with Crippen molar-refractivity contribution in [3.8, 4) is 5.75 Å². The molecule has 1 saturated carbocycles. The molecular formula is C19H28N2O2S. The summed E-state index contributed by atoms with van der Waals surface area (Å²) in [4.78, 5) is 15.8. The van der Waals surface area contributed by atoms with Gasteiger partial charge in [0.1, 0.15) is 5.75 Å². The number of carbonyl (C=O) groups excluding carboxylic acids is 1. The maximum atomic E-state index is 12.7. The topological polar surface area (TPSA) is 41.6 Å². The number of nitrogens with zero attached hydrogens (tertiary/aromatic N) is 1. The third-order valence-corrected chi connectivity index (χ3v) is 6.02. The van der Waals surface area contributed by atoms with E-state index in [2.05, 4.69) is 5.32 Å². The molecule has 1 aromatic carbocycles. The normalized spacial score (nSPS) is 20.0. The van der Waals surface area contributed by atoms with Gasteiger partial charge in [0.05, 0.1) is 12.4 Å². The van der Waals surface area contributed by atoms with E-state index < -0.39 is 0 Å². The molecule has 132 valence electrons. The molecule has 2 fully saturated rings. The van der Waals surface area contributed by atoms with Crippen LogP contribution in [0.3, 0.4) is 0 Å². The summed E-state index contributed by atoms with van der Waals surface area (Å²) >= 11 is 1.63. The number of hydrogen-bond donors (Lipinski definition) is 1. The maximum absolute atomic E-state index is 12.7. The minimum absolute atomic E-state index is 0.0469. The lowest BCUT2D eigenvalue weighted by Gasteiger charge is -2.34. The molecule has 1 saturated heterocycles. The first-order valence-electron chi connectivity index (χ1n) is 8.98. The highest BCUT2D eigenvalue weighted by Gasteiger charge is 2.28. The average Bonchev–Trinajstić information content (AvgIpc) is 3.45. The van der Waals surface area contributed by atoms with Gasteiger partial charge in [-0.15, -0.1) is 11.8 Å². The van der Waals surface area contributed by atoms with Gasteiger partial charge in [-0.3, -0.25) is 4.79 Å². The molecule has 1 heterocycles. The second-order valence-electron chi connectivity index (χ2n) is 6.89. The number of rotatable bonds is 7. The molecule has 1 N–H and O–H groups in total. The molecule has 4 nitrogen and oxygen atoms in total. The van der Waals surface area contributed by atoms with Gasteiger partial charge in [-0.05, 0) is 69.3 Å². The summed E-state index contributed by atoms with van der Waals surface area (Å²) in [5.41, 5.74) is 0. The summed E-state index contributed by atoms with van der Waals surface area (Å²) in [5, 5.41) is 3.62. The van der Waals surface area contributed by atoms with Crippen LogP contribution in [0.25, 0.3) is 0 Å². The molecule has 1 aliphatic heterocycles. The van der Waals surface area contributed by atoms with Crippen LogP contribution in [0.1, 0.15) is 32.6 Å². The number of ether oxygens (including phenoxy) is 1. The van der Waals surface area contributed by atoms with Gasteiger partial charge in [-0.2, -0.15) is 0 Å². The molecule has 1 amide bonds. The van der Waals surface area contributed by atoms with Gasteiger partial charge in [0, 0.05) is 24.0 Å². The van der Waals surface area contributed by atoms with Crippen molar-refractivity contribution in [2.75, 3.05) is 26.7 Å². The number of benzene rings is 1. The standard InChI is InChI=1S/C19H28N2O2S/c1-14(24-18-7-5-17(23-2)6-8-18)19(22)21-11-9-16(10-12-21)20-13-15-3-4-15/h5-8,14-16,20H,3-4,9-13H2,1-2H3. The number of nitrogens with one attached hydrogen (secondary N) is 1. The first-order chi connectivity index (χ1) is 11.7. The van der Waals surface area contributed by atoms with Crippen LogP contribution in [0, 0.1) is 5.92 Å². The Morgan fingerprint density at radius 3 is 2.50 bits per heavy atom. The number of methoxy groups -OCH3 is 1. The van der Waals surface area contributed by atoms with Crippen LogP contribution >= 0.6 is 11.8 Å². The fourth-order valence-electron chi connectivity index (χ4n) is 3.13. The Morgan fingerprint density at radius 2 is 1.92 bits per heavy atom. The van der Waals surface area contributed by atoms with Crippen molar-refractivity contribution in [3.63, 3.8) is 0 Å². The van der Waals surface area contributed by atoms with E-state index in [1.807, 2.05) is 36.1 Å². The molecule has 1 aromatic rings. The number of amides is 1. The minimum atomic E-state index is -0.0469. The zero-order valence-electron chi connectivity index (χ0n) is 14.7. The predicted octanol–water partition coefficient (Wildman–Crippen LogP) is 3.17. The van der Waals surface area contributed by atoms with Crippen molar-refractivity contribution in [1.29, 1.82) is 0 Å². The molecule has 1 aliphatic carbocycles. The summed E-state index contributed by atoms with van der Waals surface area (Å²) in [7, 11) is 1.66. The summed E-state index contributed by atoms with van der Waals surface area (Å²) in [6.45, 7) is 4.94. The molecule has 3 rings (SSSR count). The lowest BCUT2D eigenvalue weighted by molar-refractivity contribution is -0.131. The average molecular weight is 349 g/mol. The first-order valence-corrected chi connectivity index (χ1v) is 9.86. The molecule has 2 aliphatic rings. The fraction of sp³-hybridized carbons (Fsp3) is 0.632. The lowest BCUT2D eigenvalue weighted by Crippen LogP contribution is -2.47. The van der Waals surface area contributed by atoms with Crippen molar-refractivity contribution in [1.82, 2.24) is 10.2 Å². The second kappa shape index (κ2) is 8.26. The highest BCUT2D eigenvalue weighted by molar-refractivity contribution is 8.00. The van der Waals surface area contributed by atoms with Crippen LogP contribution in [-0.2, 0) is 4.79 Å². The summed E-state index contributed by atoms with van der Waals surface area (Å²) in [6, 6.07) is 8.51. The number of hydrogen-bond acceptors (Lipinski definition) is 4. The smallest absolute Gasteiger partial charge is 0.235 e. The van der Waals surface area contributed by atoms with Crippen LogP contribution in [0.5, 0.6) is 5.75 Å². The Morgan fingerprint density at radius 1 is 1.25 bits per heavy atom. The van der Waals surface area contributed by atoms with Gasteiger partial charge >= 0.3 is 0 Å². The zero-order valence-corrected chi connectivity index (χ0v) is 15.5. The van der Waals surface area contributed by atoms with Gasteiger partial charge in [0.25, 0.3) is 0 Å². The van der Waals surface area contributed by atoms with Gasteiger partial charge in [0.2, 0.25) is 5.91 Å². The molecular weight excluding hydrogens is 320 g/mol. The largest absolute Gasteiger partial charge is 0.497 e. The van der Waals surface area contributed by atoms with Crippen LogP contribution in [0.15, 0.2) is 29.2 Å². The van der Waals surface area contributed by atoms with E-state index in [4.69, 9.17) is 4.74 Å². The number of piperidine rings is 1. The van der Waals surface area contributed by atoms with Crippen molar-refractivity contribution in [3.05, 3.63) is 24.3 Å². The van der Waals surface area contributed by atoms with Crippen molar-refractivity contribution in [2.24, 2.45) is 5.92 Å². The predicted molar refractivity (Wildman–Crippen MR) is 98.6 cm³/mol. The van der Waals surface area contributed by atoms with E-state index in [1.54, 1.807) is 18.9 Å². The molecule has 5 heteroatoms. The fourth-order valence-corrected chi connectivity index (χ4v) is 4.08. The summed E-state index contributed by atoms with van der Waals surface area (Å²) in [6.07, 6.45) is 4.95. The van der Waals surface area contributed by atoms with E-state index in [1.165, 1.54) is 19.4 Å². The Hall–Kier alpha value is -1.20. The molecule has 0 bridgehead atoms. The van der Waals surface area contributed by atoms with E-state index in [-0.39, 0.29) is 11.2 Å². The first kappa shape index (κ1) is 17.6. The van der Waals surface area contributed by atoms with E-state index >= 15 is 0 Å². The van der Waals surface area contributed by atoms with E-state index in [9.17, 15) is 4.79 Å². The number of carbonyl (C=O) groups is 1.